The maximum Gasteiger partial charge on any atom is 0.414 e. The van der Waals surface area contributed by atoms with E-state index in [1.807, 2.05) is 30.3 Å². The SMILES string of the molecule is O=C(OCc1ccccc1)N(CCCO)c1ccncc1. The molecule has 0 saturated heterocycles. The number of aromatic nitrogens is 1. The molecule has 0 atom stereocenters. The normalized spacial score (nSPS) is 10.1. The minimum atomic E-state index is -0.432. The summed E-state index contributed by atoms with van der Waals surface area (Å²) in [6.45, 7) is 0.641. The van der Waals surface area contributed by atoms with Crippen molar-refractivity contribution in [2.45, 2.75) is 13.0 Å². The van der Waals surface area contributed by atoms with E-state index in [0.29, 0.717) is 18.7 Å². The molecule has 1 aromatic heterocycles. The lowest BCUT2D eigenvalue weighted by Crippen LogP contribution is -2.32. The number of nitrogens with zero attached hydrogens (tertiary/aromatic N) is 2. The summed E-state index contributed by atoms with van der Waals surface area (Å²) in [7, 11) is 0. The number of ether oxygens (including phenoxy) is 1. The standard InChI is InChI=1S/C16H18N2O3/c19-12-4-11-18(15-7-9-17-10-8-15)16(20)21-13-14-5-2-1-3-6-14/h1-3,5-10,19H,4,11-13H2. The Morgan fingerprint density at radius 3 is 2.52 bits per heavy atom. The van der Waals surface area contributed by atoms with E-state index in [1.165, 1.54) is 4.90 Å². The van der Waals surface area contributed by atoms with Crippen molar-refractivity contribution in [3.05, 3.63) is 60.4 Å². The first-order valence-electron chi connectivity index (χ1n) is 6.80. The zero-order chi connectivity index (χ0) is 14.9. The van der Waals surface area contributed by atoms with Gasteiger partial charge < -0.3 is 9.84 Å². The Labute approximate surface area is 123 Å². The third-order valence-electron chi connectivity index (χ3n) is 2.94. The number of pyridine rings is 1. The van der Waals surface area contributed by atoms with E-state index in [1.54, 1.807) is 24.5 Å². The fourth-order valence-corrected chi connectivity index (χ4v) is 1.88. The van der Waals surface area contributed by atoms with Crippen LogP contribution in [-0.2, 0) is 11.3 Å². The Morgan fingerprint density at radius 1 is 1.14 bits per heavy atom. The lowest BCUT2D eigenvalue weighted by Gasteiger charge is -2.21. The van der Waals surface area contributed by atoms with Crippen molar-refractivity contribution in [2.24, 2.45) is 0 Å². The molecule has 0 aliphatic heterocycles. The maximum absolute atomic E-state index is 12.2. The molecule has 2 rings (SSSR count). The highest BCUT2D eigenvalue weighted by Gasteiger charge is 2.16. The van der Waals surface area contributed by atoms with Gasteiger partial charge in [-0.15, -0.1) is 0 Å². The topological polar surface area (TPSA) is 62.7 Å². The van der Waals surface area contributed by atoms with Gasteiger partial charge in [0.2, 0.25) is 0 Å². The van der Waals surface area contributed by atoms with Gasteiger partial charge in [-0.25, -0.2) is 4.79 Å². The number of hydrogen-bond donors (Lipinski definition) is 1. The zero-order valence-corrected chi connectivity index (χ0v) is 11.7. The van der Waals surface area contributed by atoms with Crippen LogP contribution in [0.25, 0.3) is 0 Å². The molecule has 1 N–H and O–H groups in total. The molecule has 0 aliphatic carbocycles. The van der Waals surface area contributed by atoms with Gasteiger partial charge in [-0.3, -0.25) is 9.88 Å². The maximum atomic E-state index is 12.2. The average Bonchev–Trinajstić information content (AvgIpc) is 2.55. The van der Waals surface area contributed by atoms with E-state index < -0.39 is 6.09 Å². The monoisotopic (exact) mass is 286 g/mol. The minimum Gasteiger partial charge on any atom is -0.444 e. The van der Waals surface area contributed by atoms with Crippen molar-refractivity contribution in [3.63, 3.8) is 0 Å². The fraction of sp³-hybridized carbons (Fsp3) is 0.250. The van der Waals surface area contributed by atoms with E-state index in [2.05, 4.69) is 4.98 Å². The van der Waals surface area contributed by atoms with E-state index >= 15 is 0 Å². The van der Waals surface area contributed by atoms with Gasteiger partial charge in [0.1, 0.15) is 6.61 Å². The van der Waals surface area contributed by atoms with Gasteiger partial charge in [0.25, 0.3) is 0 Å². The number of aliphatic hydroxyl groups is 1. The van der Waals surface area contributed by atoms with Crippen LogP contribution in [0, 0.1) is 0 Å². The van der Waals surface area contributed by atoms with Crippen molar-refractivity contribution in [1.82, 2.24) is 4.98 Å². The summed E-state index contributed by atoms with van der Waals surface area (Å²) in [5.74, 6) is 0. The van der Waals surface area contributed by atoms with Crippen molar-refractivity contribution in [1.29, 1.82) is 0 Å². The number of hydrogen-bond acceptors (Lipinski definition) is 4. The second-order valence-corrected chi connectivity index (χ2v) is 4.47. The van der Waals surface area contributed by atoms with Crippen LogP contribution >= 0.6 is 0 Å². The van der Waals surface area contributed by atoms with Crippen LogP contribution in [0.2, 0.25) is 0 Å². The van der Waals surface area contributed by atoms with Crippen LogP contribution in [-0.4, -0.2) is 29.3 Å². The Kier molecular flexibility index (Phi) is 5.72. The van der Waals surface area contributed by atoms with Gasteiger partial charge in [0.05, 0.1) is 5.69 Å². The highest BCUT2D eigenvalue weighted by atomic mass is 16.6. The first-order valence-corrected chi connectivity index (χ1v) is 6.80. The second-order valence-electron chi connectivity index (χ2n) is 4.47. The van der Waals surface area contributed by atoms with Crippen LogP contribution in [0.3, 0.4) is 0 Å². The molecular formula is C16H18N2O3. The largest absolute Gasteiger partial charge is 0.444 e. The van der Waals surface area contributed by atoms with E-state index in [-0.39, 0.29) is 13.2 Å². The highest BCUT2D eigenvalue weighted by Crippen LogP contribution is 2.15. The van der Waals surface area contributed by atoms with Crippen LogP contribution < -0.4 is 4.90 Å². The number of carbonyl (C=O) groups is 1. The number of anilines is 1. The van der Waals surface area contributed by atoms with E-state index in [9.17, 15) is 4.79 Å². The molecule has 0 unspecified atom stereocenters. The summed E-state index contributed by atoms with van der Waals surface area (Å²) in [4.78, 5) is 17.7. The van der Waals surface area contributed by atoms with E-state index in [4.69, 9.17) is 9.84 Å². The van der Waals surface area contributed by atoms with Crippen LogP contribution in [0.4, 0.5) is 10.5 Å². The van der Waals surface area contributed by atoms with Gasteiger partial charge in [-0.1, -0.05) is 30.3 Å². The van der Waals surface area contributed by atoms with Gasteiger partial charge in [0.15, 0.2) is 0 Å². The Morgan fingerprint density at radius 2 is 1.86 bits per heavy atom. The molecule has 0 radical (unpaired) electrons. The second kappa shape index (κ2) is 8.01. The molecule has 21 heavy (non-hydrogen) atoms. The molecule has 0 aliphatic rings. The molecule has 5 nitrogen and oxygen atoms in total. The summed E-state index contributed by atoms with van der Waals surface area (Å²) in [5.41, 5.74) is 1.64. The highest BCUT2D eigenvalue weighted by molar-refractivity contribution is 5.87. The summed E-state index contributed by atoms with van der Waals surface area (Å²) in [6.07, 6.45) is 3.29. The number of carbonyl (C=O) groups excluding carboxylic acids is 1. The van der Waals surface area contributed by atoms with Gasteiger partial charge in [-0.05, 0) is 24.1 Å². The molecule has 110 valence electrons. The first kappa shape index (κ1) is 15.0. The minimum absolute atomic E-state index is 0.0214. The van der Waals surface area contributed by atoms with Crippen molar-refractivity contribution in [2.75, 3.05) is 18.1 Å². The average molecular weight is 286 g/mol. The summed E-state index contributed by atoms with van der Waals surface area (Å²) in [5, 5.41) is 8.96. The zero-order valence-electron chi connectivity index (χ0n) is 11.7. The lowest BCUT2D eigenvalue weighted by molar-refractivity contribution is 0.146. The van der Waals surface area contributed by atoms with Crippen molar-refractivity contribution < 1.29 is 14.6 Å². The van der Waals surface area contributed by atoms with Crippen molar-refractivity contribution in [3.8, 4) is 0 Å². The first-order chi connectivity index (χ1) is 10.3. The molecular weight excluding hydrogens is 268 g/mol. The summed E-state index contributed by atoms with van der Waals surface area (Å²) in [6, 6.07) is 13.0. The van der Waals surface area contributed by atoms with Gasteiger partial charge in [-0.2, -0.15) is 0 Å². The Balaban J connectivity index is 2.01. The molecule has 0 fully saturated rings. The van der Waals surface area contributed by atoms with Crippen LogP contribution in [0.5, 0.6) is 0 Å². The predicted octanol–water partition coefficient (Wildman–Crippen LogP) is 2.61. The lowest BCUT2D eigenvalue weighted by atomic mass is 10.2. The molecule has 0 spiro atoms. The Hall–Kier alpha value is -2.40. The summed E-state index contributed by atoms with van der Waals surface area (Å²) < 4.78 is 5.33. The Bertz CT molecular complexity index is 546. The molecule has 1 aromatic carbocycles. The molecule has 1 heterocycles. The van der Waals surface area contributed by atoms with Gasteiger partial charge >= 0.3 is 6.09 Å². The smallest absolute Gasteiger partial charge is 0.414 e. The number of benzene rings is 1. The summed E-state index contributed by atoms with van der Waals surface area (Å²) >= 11 is 0. The number of amides is 1. The molecule has 2 aromatic rings. The number of rotatable bonds is 6. The number of aliphatic hydroxyl groups excluding tert-OH is 1. The molecule has 0 saturated carbocycles. The fourth-order valence-electron chi connectivity index (χ4n) is 1.88. The molecule has 5 heteroatoms. The van der Waals surface area contributed by atoms with E-state index in [0.717, 1.165) is 5.56 Å². The third-order valence-corrected chi connectivity index (χ3v) is 2.94. The van der Waals surface area contributed by atoms with Crippen LogP contribution in [0.15, 0.2) is 54.9 Å². The predicted molar refractivity (Wildman–Crippen MR) is 79.9 cm³/mol. The van der Waals surface area contributed by atoms with Crippen molar-refractivity contribution >= 4 is 11.8 Å². The quantitative estimate of drug-likeness (QED) is 0.886. The van der Waals surface area contributed by atoms with Crippen LogP contribution in [0.1, 0.15) is 12.0 Å². The molecule has 0 bridgehead atoms. The van der Waals surface area contributed by atoms with Gasteiger partial charge in [0, 0.05) is 25.5 Å². The third kappa shape index (κ3) is 4.57. The molecule has 1 amide bonds.